The fourth-order valence-electron chi connectivity index (χ4n) is 0.812. The van der Waals surface area contributed by atoms with Crippen molar-refractivity contribution in [2.24, 2.45) is 0 Å². The summed E-state index contributed by atoms with van der Waals surface area (Å²) in [6.45, 7) is 2.21. The quantitative estimate of drug-likeness (QED) is 0.710. The number of nitrogens with zero attached hydrogens (tertiary/aromatic N) is 2. The van der Waals surface area contributed by atoms with Gasteiger partial charge in [0.2, 0.25) is 5.89 Å². The van der Waals surface area contributed by atoms with Crippen molar-refractivity contribution < 1.29 is 14.4 Å². The molecule has 6 heteroatoms. The minimum absolute atomic E-state index is 0.292. The van der Waals surface area contributed by atoms with Crippen LogP contribution in [0.2, 0.25) is 0 Å². The van der Waals surface area contributed by atoms with Crippen LogP contribution in [-0.4, -0.2) is 27.9 Å². The Kier molecular flexibility index (Phi) is 3.24. The first-order chi connectivity index (χ1) is 6.22. The fraction of sp³-hybridized carbons (Fsp3) is 0.571. The molecule has 0 radical (unpaired) electrons. The Morgan fingerprint density at radius 1 is 1.69 bits per heavy atom. The van der Waals surface area contributed by atoms with Crippen LogP contribution in [0.4, 0.5) is 4.79 Å². The first kappa shape index (κ1) is 9.50. The second-order valence-electron chi connectivity index (χ2n) is 2.44. The molecular formula is C7H11N3O3. The molecule has 1 aromatic rings. The average molecular weight is 185 g/mol. The highest BCUT2D eigenvalue weighted by atomic mass is 16.5. The predicted molar refractivity (Wildman–Crippen MR) is 43.4 cm³/mol. The monoisotopic (exact) mass is 185 g/mol. The van der Waals surface area contributed by atoms with E-state index >= 15 is 0 Å². The number of hydrogen-bond acceptors (Lipinski definition) is 4. The molecule has 0 unspecified atom stereocenters. The van der Waals surface area contributed by atoms with Gasteiger partial charge >= 0.3 is 6.09 Å². The maximum absolute atomic E-state index is 10.1. The first-order valence-electron chi connectivity index (χ1n) is 4.00. The second-order valence-corrected chi connectivity index (χ2v) is 2.44. The zero-order valence-electron chi connectivity index (χ0n) is 7.28. The van der Waals surface area contributed by atoms with Gasteiger partial charge in [-0.25, -0.2) is 4.79 Å². The highest BCUT2D eigenvalue weighted by Gasteiger charge is 2.04. The molecule has 1 aromatic heterocycles. The van der Waals surface area contributed by atoms with E-state index in [1.807, 2.05) is 6.92 Å². The summed E-state index contributed by atoms with van der Waals surface area (Å²) < 4.78 is 4.84. The van der Waals surface area contributed by atoms with E-state index in [9.17, 15) is 4.79 Å². The van der Waals surface area contributed by atoms with Crippen LogP contribution < -0.4 is 5.32 Å². The number of aryl methyl sites for hydroxylation is 1. The van der Waals surface area contributed by atoms with Crippen LogP contribution in [0.5, 0.6) is 0 Å². The van der Waals surface area contributed by atoms with Crippen LogP contribution in [0, 0.1) is 0 Å². The zero-order chi connectivity index (χ0) is 9.68. The molecule has 2 N–H and O–H groups in total. The van der Waals surface area contributed by atoms with Gasteiger partial charge in [-0.05, 0) is 0 Å². The van der Waals surface area contributed by atoms with Crippen LogP contribution in [0.1, 0.15) is 18.6 Å². The summed E-state index contributed by atoms with van der Waals surface area (Å²) in [5.74, 6) is 1.11. The number of nitrogens with one attached hydrogen (secondary N) is 1. The minimum atomic E-state index is -1.05. The van der Waals surface area contributed by atoms with Gasteiger partial charge in [-0.3, -0.25) is 0 Å². The number of carbonyl (C=O) groups is 1. The lowest BCUT2D eigenvalue weighted by molar-refractivity contribution is 0.194. The second kappa shape index (κ2) is 4.44. The molecule has 0 fully saturated rings. The molecule has 0 saturated carbocycles. The highest BCUT2D eigenvalue weighted by molar-refractivity contribution is 5.64. The molecule has 0 atom stereocenters. The molecule has 0 aromatic carbocycles. The van der Waals surface area contributed by atoms with Gasteiger partial charge in [-0.1, -0.05) is 12.1 Å². The molecule has 72 valence electrons. The third kappa shape index (κ3) is 3.10. The summed E-state index contributed by atoms with van der Waals surface area (Å²) in [6.07, 6.45) is 0.102. The number of hydrogen-bond donors (Lipinski definition) is 2. The summed E-state index contributed by atoms with van der Waals surface area (Å²) in [5, 5.41) is 14.1. The minimum Gasteiger partial charge on any atom is -0.465 e. The largest absolute Gasteiger partial charge is 0.465 e. The molecule has 1 amide bonds. The Bertz CT molecular complexity index is 284. The normalized spacial score (nSPS) is 9.92. The lowest BCUT2D eigenvalue weighted by atomic mass is 10.4. The van der Waals surface area contributed by atoms with Gasteiger partial charge in [0.1, 0.15) is 0 Å². The Morgan fingerprint density at radius 3 is 3.00 bits per heavy atom. The topological polar surface area (TPSA) is 88.2 Å². The highest BCUT2D eigenvalue weighted by Crippen LogP contribution is 1.97. The van der Waals surface area contributed by atoms with Crippen LogP contribution in [0.25, 0.3) is 0 Å². The van der Waals surface area contributed by atoms with Crippen molar-refractivity contribution in [3.8, 4) is 0 Å². The van der Waals surface area contributed by atoms with E-state index < -0.39 is 6.09 Å². The molecular weight excluding hydrogens is 174 g/mol. The molecule has 0 aliphatic carbocycles. The average Bonchev–Trinajstić information content (AvgIpc) is 2.52. The predicted octanol–water partition coefficient (Wildman–Crippen LogP) is 0.442. The molecule has 1 heterocycles. The Labute approximate surface area is 74.9 Å². The number of amides is 1. The molecule has 0 spiro atoms. The van der Waals surface area contributed by atoms with E-state index in [-0.39, 0.29) is 0 Å². The van der Waals surface area contributed by atoms with E-state index in [4.69, 9.17) is 9.63 Å². The maximum atomic E-state index is 10.1. The van der Waals surface area contributed by atoms with Gasteiger partial charge in [0.25, 0.3) is 0 Å². The Morgan fingerprint density at radius 2 is 2.46 bits per heavy atom. The van der Waals surface area contributed by atoms with Gasteiger partial charge in [0.15, 0.2) is 5.82 Å². The van der Waals surface area contributed by atoms with Gasteiger partial charge < -0.3 is 14.9 Å². The molecule has 0 aliphatic rings. The van der Waals surface area contributed by atoms with E-state index in [2.05, 4.69) is 15.5 Å². The lowest BCUT2D eigenvalue weighted by Gasteiger charge is -1.94. The van der Waals surface area contributed by atoms with Crippen molar-refractivity contribution in [1.82, 2.24) is 15.5 Å². The lowest BCUT2D eigenvalue weighted by Crippen LogP contribution is -2.23. The van der Waals surface area contributed by atoms with Crippen LogP contribution >= 0.6 is 0 Å². The summed E-state index contributed by atoms with van der Waals surface area (Å²) in [6, 6.07) is 0. The molecule has 0 aliphatic heterocycles. The fourth-order valence-corrected chi connectivity index (χ4v) is 0.812. The van der Waals surface area contributed by atoms with E-state index in [0.29, 0.717) is 24.7 Å². The molecule has 0 saturated heterocycles. The summed E-state index contributed by atoms with van der Waals surface area (Å²) >= 11 is 0. The number of carboxylic acid groups (broad SMARTS) is 1. The zero-order valence-corrected chi connectivity index (χ0v) is 7.28. The van der Waals surface area contributed by atoms with Gasteiger partial charge in [0.05, 0.1) is 0 Å². The Hall–Kier alpha value is -1.59. The van der Waals surface area contributed by atoms with Gasteiger partial charge in [-0.15, -0.1) is 0 Å². The SMILES string of the molecule is CCc1noc(CCNC(=O)O)n1. The Balaban J connectivity index is 2.32. The van der Waals surface area contributed by atoms with Crippen LogP contribution in [0.15, 0.2) is 4.52 Å². The van der Waals surface area contributed by atoms with Gasteiger partial charge in [-0.2, -0.15) is 4.98 Å². The standard InChI is InChI=1S/C7H11N3O3/c1-2-5-9-6(13-10-5)3-4-8-7(11)12/h8H,2-4H2,1H3,(H,11,12). The molecule has 13 heavy (non-hydrogen) atoms. The number of rotatable bonds is 4. The van der Waals surface area contributed by atoms with Crippen molar-refractivity contribution in [2.75, 3.05) is 6.54 Å². The summed E-state index contributed by atoms with van der Waals surface area (Å²) in [5.41, 5.74) is 0. The first-order valence-corrected chi connectivity index (χ1v) is 4.00. The molecule has 1 rings (SSSR count). The van der Waals surface area contributed by atoms with Gasteiger partial charge in [0, 0.05) is 19.4 Å². The molecule has 6 nitrogen and oxygen atoms in total. The number of aromatic nitrogens is 2. The van der Waals surface area contributed by atoms with Crippen LogP contribution in [-0.2, 0) is 12.8 Å². The smallest absolute Gasteiger partial charge is 0.404 e. The van der Waals surface area contributed by atoms with Crippen molar-refractivity contribution in [2.45, 2.75) is 19.8 Å². The van der Waals surface area contributed by atoms with Crippen LogP contribution in [0.3, 0.4) is 0 Å². The van der Waals surface area contributed by atoms with Crippen molar-refractivity contribution >= 4 is 6.09 Å². The van der Waals surface area contributed by atoms with E-state index in [1.54, 1.807) is 0 Å². The van der Waals surface area contributed by atoms with E-state index in [1.165, 1.54) is 0 Å². The van der Waals surface area contributed by atoms with Crippen molar-refractivity contribution in [3.63, 3.8) is 0 Å². The molecule has 0 bridgehead atoms. The third-order valence-electron chi connectivity index (χ3n) is 1.44. The summed E-state index contributed by atoms with van der Waals surface area (Å²) in [4.78, 5) is 14.1. The maximum Gasteiger partial charge on any atom is 0.404 e. The van der Waals surface area contributed by atoms with Crippen molar-refractivity contribution in [1.29, 1.82) is 0 Å². The third-order valence-corrected chi connectivity index (χ3v) is 1.44. The van der Waals surface area contributed by atoms with Crippen molar-refractivity contribution in [3.05, 3.63) is 11.7 Å². The van der Waals surface area contributed by atoms with E-state index in [0.717, 1.165) is 6.42 Å². The summed E-state index contributed by atoms with van der Waals surface area (Å²) in [7, 11) is 0.